The quantitative estimate of drug-likeness (QED) is 0.788. The highest BCUT2D eigenvalue weighted by atomic mass is 16.1. The molecule has 2 aliphatic carbocycles. The number of aromatic amines is 1. The van der Waals surface area contributed by atoms with E-state index in [0.717, 1.165) is 29.7 Å². The molecule has 0 radical (unpaired) electrons. The largest absolute Gasteiger partial charge is 0.297 e. The molecular formula is C15H19N3O. The highest BCUT2D eigenvalue weighted by molar-refractivity contribution is 5.40. The molecule has 1 spiro atoms. The molecule has 19 heavy (non-hydrogen) atoms. The Hall–Kier alpha value is -1.58. The van der Waals surface area contributed by atoms with Crippen molar-refractivity contribution in [2.75, 3.05) is 0 Å². The smallest absolute Gasteiger partial charge is 0.276 e. The van der Waals surface area contributed by atoms with Crippen LogP contribution in [0.5, 0.6) is 0 Å². The first-order chi connectivity index (χ1) is 9.27. The van der Waals surface area contributed by atoms with Gasteiger partial charge in [-0.05, 0) is 37.5 Å². The van der Waals surface area contributed by atoms with Crippen molar-refractivity contribution in [2.45, 2.75) is 51.4 Å². The van der Waals surface area contributed by atoms with Gasteiger partial charge in [0.1, 0.15) is 0 Å². The van der Waals surface area contributed by atoms with Gasteiger partial charge in [0.2, 0.25) is 0 Å². The van der Waals surface area contributed by atoms with Crippen molar-refractivity contribution in [3.05, 3.63) is 33.9 Å². The minimum atomic E-state index is 0.107. The summed E-state index contributed by atoms with van der Waals surface area (Å²) in [4.78, 5) is 17.1. The molecule has 4 rings (SSSR count). The maximum atomic E-state index is 12.4. The molecule has 0 unspecified atom stereocenters. The summed E-state index contributed by atoms with van der Waals surface area (Å²) < 4.78 is 1.57. The third-order valence-corrected chi connectivity index (χ3v) is 5.09. The Bertz CT molecular complexity index is 676. The average Bonchev–Trinajstić information content (AvgIpc) is 2.88. The number of hydrogen-bond donors (Lipinski definition) is 1. The first-order valence-corrected chi connectivity index (χ1v) is 7.35. The predicted molar refractivity (Wildman–Crippen MR) is 73.4 cm³/mol. The van der Waals surface area contributed by atoms with Gasteiger partial charge in [0.25, 0.3) is 5.56 Å². The Morgan fingerprint density at radius 3 is 2.89 bits per heavy atom. The van der Waals surface area contributed by atoms with Gasteiger partial charge in [0.15, 0.2) is 5.65 Å². The predicted octanol–water partition coefficient (Wildman–Crippen LogP) is 2.46. The summed E-state index contributed by atoms with van der Waals surface area (Å²) in [5, 5.41) is 2.95. The number of H-pyrrole nitrogens is 1. The van der Waals surface area contributed by atoms with Crippen molar-refractivity contribution in [1.82, 2.24) is 14.6 Å². The lowest BCUT2D eigenvalue weighted by Gasteiger charge is -2.40. The first kappa shape index (κ1) is 11.3. The molecule has 2 aromatic heterocycles. The molecule has 2 aliphatic rings. The van der Waals surface area contributed by atoms with Gasteiger partial charge in [0, 0.05) is 17.8 Å². The number of rotatable bonds is 0. The normalized spacial score (nSPS) is 21.7. The van der Waals surface area contributed by atoms with Crippen LogP contribution in [0, 0.1) is 5.41 Å². The minimum absolute atomic E-state index is 0.107. The molecule has 0 amide bonds. The molecule has 1 fully saturated rings. The molecule has 0 aliphatic heterocycles. The number of aromatic nitrogens is 3. The van der Waals surface area contributed by atoms with E-state index in [9.17, 15) is 4.79 Å². The van der Waals surface area contributed by atoms with Crippen LogP contribution in [0.2, 0.25) is 0 Å². The molecule has 4 nitrogen and oxygen atoms in total. The van der Waals surface area contributed by atoms with E-state index in [4.69, 9.17) is 4.98 Å². The first-order valence-electron chi connectivity index (χ1n) is 7.35. The zero-order valence-corrected chi connectivity index (χ0v) is 11.1. The van der Waals surface area contributed by atoms with Crippen LogP contribution in [0.4, 0.5) is 0 Å². The zero-order valence-electron chi connectivity index (χ0n) is 11.1. The number of nitrogens with one attached hydrogen (secondary N) is 1. The molecule has 1 saturated carbocycles. The van der Waals surface area contributed by atoms with E-state index in [-0.39, 0.29) is 5.56 Å². The molecule has 4 heteroatoms. The van der Waals surface area contributed by atoms with Gasteiger partial charge >= 0.3 is 0 Å². The second-order valence-electron chi connectivity index (χ2n) is 6.24. The van der Waals surface area contributed by atoms with E-state index in [1.165, 1.54) is 38.5 Å². The third-order valence-electron chi connectivity index (χ3n) is 5.09. The highest BCUT2D eigenvalue weighted by Gasteiger charge is 2.37. The van der Waals surface area contributed by atoms with Crippen LogP contribution in [0.25, 0.3) is 5.65 Å². The van der Waals surface area contributed by atoms with E-state index in [1.54, 1.807) is 10.7 Å². The summed E-state index contributed by atoms with van der Waals surface area (Å²) in [6.07, 6.45) is 11.6. The zero-order chi connectivity index (χ0) is 12.9. The Balaban J connectivity index is 1.82. The van der Waals surface area contributed by atoms with E-state index in [1.807, 2.05) is 6.07 Å². The molecule has 0 aromatic carbocycles. The second kappa shape index (κ2) is 3.95. The van der Waals surface area contributed by atoms with E-state index < -0.39 is 0 Å². The van der Waals surface area contributed by atoms with Crippen molar-refractivity contribution in [1.29, 1.82) is 0 Å². The Morgan fingerprint density at radius 1 is 1.21 bits per heavy atom. The lowest BCUT2D eigenvalue weighted by molar-refractivity contribution is 0.159. The van der Waals surface area contributed by atoms with Gasteiger partial charge in [-0.15, -0.1) is 0 Å². The maximum Gasteiger partial charge on any atom is 0.276 e. The van der Waals surface area contributed by atoms with Gasteiger partial charge in [-0.1, -0.05) is 19.3 Å². The summed E-state index contributed by atoms with van der Waals surface area (Å²) in [5.41, 5.74) is 3.32. The second-order valence-corrected chi connectivity index (χ2v) is 6.24. The molecule has 0 bridgehead atoms. The van der Waals surface area contributed by atoms with Crippen LogP contribution in [0.3, 0.4) is 0 Å². The summed E-state index contributed by atoms with van der Waals surface area (Å²) in [7, 11) is 0. The van der Waals surface area contributed by atoms with Crippen LogP contribution in [-0.4, -0.2) is 14.6 Å². The van der Waals surface area contributed by atoms with Gasteiger partial charge < -0.3 is 0 Å². The third kappa shape index (κ3) is 1.66. The summed E-state index contributed by atoms with van der Waals surface area (Å²) in [5.74, 6) is 0. The van der Waals surface area contributed by atoms with E-state index in [0.29, 0.717) is 5.41 Å². The van der Waals surface area contributed by atoms with E-state index >= 15 is 0 Å². The van der Waals surface area contributed by atoms with Gasteiger partial charge in [0.05, 0.1) is 5.69 Å². The number of hydrogen-bond acceptors (Lipinski definition) is 2. The fraction of sp³-hybridized carbons (Fsp3) is 0.600. The molecule has 1 N–H and O–H groups in total. The van der Waals surface area contributed by atoms with E-state index in [2.05, 4.69) is 5.10 Å². The average molecular weight is 257 g/mol. The molecule has 2 aromatic rings. The molecule has 2 heterocycles. The summed E-state index contributed by atoms with van der Waals surface area (Å²) in [6, 6.07) is 1.88. The Morgan fingerprint density at radius 2 is 2.05 bits per heavy atom. The fourth-order valence-corrected chi connectivity index (χ4v) is 4.00. The lowest BCUT2D eigenvalue weighted by Crippen LogP contribution is -2.35. The van der Waals surface area contributed by atoms with Gasteiger partial charge in [-0.25, -0.2) is 9.50 Å². The topological polar surface area (TPSA) is 50.2 Å². The number of fused-ring (bicyclic) bond motifs is 2. The van der Waals surface area contributed by atoms with Crippen LogP contribution in [0.1, 0.15) is 49.8 Å². The lowest BCUT2D eigenvalue weighted by atomic mass is 9.65. The van der Waals surface area contributed by atoms with Crippen molar-refractivity contribution >= 4 is 5.65 Å². The fourth-order valence-electron chi connectivity index (χ4n) is 4.00. The maximum absolute atomic E-state index is 12.4. The monoisotopic (exact) mass is 257 g/mol. The van der Waals surface area contributed by atoms with Crippen LogP contribution < -0.4 is 5.56 Å². The van der Waals surface area contributed by atoms with Crippen LogP contribution >= 0.6 is 0 Å². The number of nitrogens with zero attached hydrogens (tertiary/aromatic N) is 2. The van der Waals surface area contributed by atoms with Gasteiger partial charge in [-0.3, -0.25) is 9.89 Å². The van der Waals surface area contributed by atoms with Crippen molar-refractivity contribution < 1.29 is 0 Å². The summed E-state index contributed by atoms with van der Waals surface area (Å²) in [6.45, 7) is 0. The van der Waals surface area contributed by atoms with Crippen LogP contribution in [-0.2, 0) is 12.8 Å². The van der Waals surface area contributed by atoms with Crippen LogP contribution in [0.15, 0.2) is 17.1 Å². The van der Waals surface area contributed by atoms with Crippen molar-refractivity contribution in [3.8, 4) is 0 Å². The standard InChI is InChI=1S/C15H19N3O/c19-14-11-4-8-15(6-2-1-3-7-15)10-12(11)17-13-5-9-16-18(13)14/h5,9,16H,1-4,6-8,10H2. The molecule has 0 atom stereocenters. The highest BCUT2D eigenvalue weighted by Crippen LogP contribution is 2.45. The van der Waals surface area contributed by atoms with Crippen molar-refractivity contribution in [2.24, 2.45) is 5.41 Å². The molecular weight excluding hydrogens is 238 g/mol. The molecule has 100 valence electrons. The Kier molecular flexibility index (Phi) is 2.34. The SMILES string of the molecule is O=c1c2c(nc3cc[nH]n13)CC1(CCCCC1)CC2. The van der Waals surface area contributed by atoms with Crippen molar-refractivity contribution in [3.63, 3.8) is 0 Å². The minimum Gasteiger partial charge on any atom is -0.297 e. The summed E-state index contributed by atoms with van der Waals surface area (Å²) >= 11 is 0. The molecule has 0 saturated heterocycles. The van der Waals surface area contributed by atoms with Gasteiger partial charge in [-0.2, -0.15) is 0 Å². The Labute approximate surface area is 111 Å².